The van der Waals surface area contributed by atoms with Crippen LogP contribution in [0.3, 0.4) is 0 Å². The predicted octanol–water partition coefficient (Wildman–Crippen LogP) is 4.99. The standard InChI is InChI=1S/C23H17BrN2O3/c24-23-18-8-4-2-6-16(18)10-12-21(23)29-14-22(28)26-25-13-19-17-7-3-1-5-15(17)9-11-20(19)27/h1-13,27H,14H2,(H,26,28)/b25-13+. The Balaban J connectivity index is 1.42. The molecule has 1 amide bonds. The summed E-state index contributed by atoms with van der Waals surface area (Å²) in [4.78, 5) is 12.1. The van der Waals surface area contributed by atoms with Crippen LogP contribution in [0.15, 0.2) is 82.4 Å². The van der Waals surface area contributed by atoms with E-state index >= 15 is 0 Å². The molecular formula is C23H17BrN2O3. The highest BCUT2D eigenvalue weighted by molar-refractivity contribution is 9.10. The molecule has 2 N–H and O–H groups in total. The number of amides is 1. The lowest BCUT2D eigenvalue weighted by Gasteiger charge is -2.09. The van der Waals surface area contributed by atoms with Gasteiger partial charge in [-0.3, -0.25) is 4.79 Å². The molecule has 0 fully saturated rings. The van der Waals surface area contributed by atoms with Gasteiger partial charge in [0.05, 0.1) is 10.7 Å². The fourth-order valence-electron chi connectivity index (χ4n) is 3.09. The highest BCUT2D eigenvalue weighted by Gasteiger charge is 2.09. The van der Waals surface area contributed by atoms with Crippen molar-refractivity contribution >= 4 is 49.6 Å². The Kier molecular flexibility index (Phi) is 5.44. The van der Waals surface area contributed by atoms with Gasteiger partial charge in [-0.25, -0.2) is 5.43 Å². The van der Waals surface area contributed by atoms with Crippen LogP contribution in [0.5, 0.6) is 11.5 Å². The van der Waals surface area contributed by atoms with Gasteiger partial charge in [-0.1, -0.05) is 60.7 Å². The highest BCUT2D eigenvalue weighted by atomic mass is 79.9. The Labute approximate surface area is 175 Å². The maximum atomic E-state index is 12.1. The Morgan fingerprint density at radius 1 is 0.966 bits per heavy atom. The fraction of sp³-hybridized carbons (Fsp3) is 0.0435. The number of hydrazone groups is 1. The van der Waals surface area contributed by atoms with Gasteiger partial charge in [0, 0.05) is 5.56 Å². The van der Waals surface area contributed by atoms with Gasteiger partial charge in [-0.05, 0) is 49.6 Å². The van der Waals surface area contributed by atoms with Crippen molar-refractivity contribution in [3.05, 3.63) is 82.8 Å². The van der Waals surface area contributed by atoms with Crippen molar-refractivity contribution in [1.29, 1.82) is 0 Å². The topological polar surface area (TPSA) is 70.9 Å². The average Bonchev–Trinajstić information content (AvgIpc) is 2.75. The van der Waals surface area contributed by atoms with E-state index in [-0.39, 0.29) is 12.4 Å². The van der Waals surface area contributed by atoms with Gasteiger partial charge in [-0.2, -0.15) is 5.10 Å². The number of nitrogens with zero attached hydrogens (tertiary/aromatic N) is 1. The number of phenols is 1. The van der Waals surface area contributed by atoms with Gasteiger partial charge in [0.2, 0.25) is 0 Å². The summed E-state index contributed by atoms with van der Waals surface area (Å²) in [6.07, 6.45) is 1.43. The van der Waals surface area contributed by atoms with Crippen LogP contribution >= 0.6 is 15.9 Å². The summed E-state index contributed by atoms with van der Waals surface area (Å²) in [5.41, 5.74) is 2.97. The van der Waals surface area contributed by atoms with Crippen LogP contribution in [0, 0.1) is 0 Å². The molecular weight excluding hydrogens is 432 g/mol. The number of aromatic hydroxyl groups is 1. The molecule has 29 heavy (non-hydrogen) atoms. The number of benzene rings is 4. The molecule has 0 aromatic heterocycles. The monoisotopic (exact) mass is 448 g/mol. The molecule has 0 atom stereocenters. The van der Waals surface area contributed by atoms with Crippen molar-refractivity contribution in [1.82, 2.24) is 5.43 Å². The smallest absolute Gasteiger partial charge is 0.277 e. The fourth-order valence-corrected chi connectivity index (χ4v) is 3.70. The number of carbonyl (C=O) groups is 1. The van der Waals surface area contributed by atoms with E-state index in [1.807, 2.05) is 66.7 Å². The lowest BCUT2D eigenvalue weighted by molar-refractivity contribution is -0.123. The summed E-state index contributed by atoms with van der Waals surface area (Å²) in [7, 11) is 0. The van der Waals surface area contributed by atoms with E-state index in [1.165, 1.54) is 6.21 Å². The minimum Gasteiger partial charge on any atom is -0.507 e. The molecule has 0 aliphatic carbocycles. The third-order valence-corrected chi connectivity index (χ3v) is 5.34. The third-order valence-electron chi connectivity index (χ3n) is 4.52. The van der Waals surface area contributed by atoms with Crippen LogP contribution in [0.2, 0.25) is 0 Å². The zero-order chi connectivity index (χ0) is 20.2. The number of nitrogens with one attached hydrogen (secondary N) is 1. The minimum absolute atomic E-state index is 0.0954. The van der Waals surface area contributed by atoms with Gasteiger partial charge < -0.3 is 9.84 Å². The van der Waals surface area contributed by atoms with Crippen molar-refractivity contribution in [3.63, 3.8) is 0 Å². The number of fused-ring (bicyclic) bond motifs is 2. The van der Waals surface area contributed by atoms with E-state index in [1.54, 1.807) is 6.07 Å². The maximum Gasteiger partial charge on any atom is 0.277 e. The first kappa shape index (κ1) is 19.0. The second-order valence-corrected chi connectivity index (χ2v) is 7.19. The predicted molar refractivity (Wildman–Crippen MR) is 118 cm³/mol. The van der Waals surface area contributed by atoms with E-state index in [4.69, 9.17) is 4.74 Å². The van der Waals surface area contributed by atoms with Crippen LogP contribution in [0.1, 0.15) is 5.56 Å². The minimum atomic E-state index is -0.402. The van der Waals surface area contributed by atoms with Gasteiger partial charge in [0.1, 0.15) is 11.5 Å². The second-order valence-electron chi connectivity index (χ2n) is 6.40. The molecule has 144 valence electrons. The van der Waals surface area contributed by atoms with Crippen molar-refractivity contribution < 1.29 is 14.6 Å². The van der Waals surface area contributed by atoms with E-state index in [2.05, 4.69) is 26.5 Å². The molecule has 0 heterocycles. The largest absolute Gasteiger partial charge is 0.507 e. The maximum absolute atomic E-state index is 12.1. The molecule has 6 heteroatoms. The summed E-state index contributed by atoms with van der Waals surface area (Å²) in [6.45, 7) is -0.185. The molecule has 0 aliphatic heterocycles. The van der Waals surface area contributed by atoms with Gasteiger partial charge in [-0.15, -0.1) is 0 Å². The molecule has 4 aromatic rings. The molecule has 4 aromatic carbocycles. The SMILES string of the molecule is O=C(COc1ccc2ccccc2c1Br)N/N=C/c1c(O)ccc2ccccc12. The van der Waals surface area contributed by atoms with Crippen LogP contribution in [0.25, 0.3) is 21.5 Å². The first-order valence-corrected chi connectivity index (χ1v) is 9.75. The summed E-state index contributed by atoms with van der Waals surface area (Å²) in [5, 5.41) is 18.0. The molecule has 5 nitrogen and oxygen atoms in total. The molecule has 0 unspecified atom stereocenters. The number of rotatable bonds is 5. The van der Waals surface area contributed by atoms with E-state index in [9.17, 15) is 9.90 Å². The van der Waals surface area contributed by atoms with Gasteiger partial charge in [0.25, 0.3) is 5.91 Å². The van der Waals surface area contributed by atoms with Crippen molar-refractivity contribution in [2.75, 3.05) is 6.61 Å². The third kappa shape index (κ3) is 4.07. The number of carbonyl (C=O) groups excluding carboxylic acids is 1. The summed E-state index contributed by atoms with van der Waals surface area (Å²) in [5.74, 6) is 0.272. The average molecular weight is 449 g/mol. The number of hydrogen-bond acceptors (Lipinski definition) is 4. The lowest BCUT2D eigenvalue weighted by Crippen LogP contribution is -2.24. The zero-order valence-corrected chi connectivity index (χ0v) is 16.9. The second kappa shape index (κ2) is 8.32. The number of ether oxygens (including phenoxy) is 1. The molecule has 0 radical (unpaired) electrons. The Morgan fingerprint density at radius 3 is 2.41 bits per heavy atom. The van der Waals surface area contributed by atoms with Crippen molar-refractivity contribution in [3.8, 4) is 11.5 Å². The van der Waals surface area contributed by atoms with Crippen LogP contribution in [-0.2, 0) is 4.79 Å². The quantitative estimate of drug-likeness (QED) is 0.333. The molecule has 0 aliphatic rings. The molecule has 0 bridgehead atoms. The Bertz CT molecular complexity index is 1240. The van der Waals surface area contributed by atoms with E-state index < -0.39 is 5.91 Å². The van der Waals surface area contributed by atoms with Gasteiger partial charge in [0.15, 0.2) is 6.61 Å². The number of halogens is 1. The molecule has 0 saturated heterocycles. The summed E-state index contributed by atoms with van der Waals surface area (Å²) >= 11 is 3.53. The summed E-state index contributed by atoms with van der Waals surface area (Å²) in [6, 6.07) is 22.7. The highest BCUT2D eigenvalue weighted by Crippen LogP contribution is 2.33. The van der Waals surface area contributed by atoms with Crippen LogP contribution in [-0.4, -0.2) is 23.8 Å². The van der Waals surface area contributed by atoms with Crippen LogP contribution < -0.4 is 10.2 Å². The van der Waals surface area contributed by atoms with Crippen LogP contribution in [0.4, 0.5) is 0 Å². The normalized spacial score (nSPS) is 11.2. The number of phenolic OH excluding ortho intramolecular Hbond substituents is 1. The van der Waals surface area contributed by atoms with Gasteiger partial charge >= 0.3 is 0 Å². The van der Waals surface area contributed by atoms with E-state index in [0.717, 1.165) is 26.0 Å². The molecule has 4 rings (SSSR count). The zero-order valence-electron chi connectivity index (χ0n) is 15.3. The lowest BCUT2D eigenvalue weighted by atomic mass is 10.0. The first-order valence-electron chi connectivity index (χ1n) is 8.96. The van der Waals surface area contributed by atoms with Crippen molar-refractivity contribution in [2.24, 2.45) is 5.10 Å². The van der Waals surface area contributed by atoms with E-state index in [0.29, 0.717) is 11.3 Å². The molecule has 0 spiro atoms. The first-order chi connectivity index (χ1) is 14.1. The molecule has 0 saturated carbocycles. The Morgan fingerprint density at radius 2 is 1.62 bits per heavy atom. The Hall–Kier alpha value is -3.38. The summed E-state index contributed by atoms with van der Waals surface area (Å²) < 4.78 is 6.42. The van der Waals surface area contributed by atoms with Crippen molar-refractivity contribution in [2.45, 2.75) is 0 Å². The number of hydrogen-bond donors (Lipinski definition) is 2.